The lowest BCUT2D eigenvalue weighted by atomic mass is 9.80. The Labute approximate surface area is 134 Å². The summed E-state index contributed by atoms with van der Waals surface area (Å²) in [5.41, 5.74) is 1.78. The zero-order valence-electron chi connectivity index (χ0n) is 13.7. The molecule has 1 saturated heterocycles. The van der Waals surface area contributed by atoms with Crippen molar-refractivity contribution in [2.75, 3.05) is 20.1 Å². The van der Waals surface area contributed by atoms with Crippen LogP contribution in [-0.4, -0.2) is 42.3 Å². The van der Waals surface area contributed by atoms with Crippen molar-refractivity contribution < 1.29 is 4.74 Å². The number of rotatable bonds is 3. The minimum atomic E-state index is 0.138. The van der Waals surface area contributed by atoms with E-state index in [1.165, 1.54) is 44.1 Å². The first kappa shape index (κ1) is 14.7. The molecule has 3 nitrogen and oxygen atoms in total. The molecular weight excluding hydrogens is 272 g/mol. The van der Waals surface area contributed by atoms with E-state index < -0.39 is 0 Å². The Bertz CT molecular complexity index is 503. The second kappa shape index (κ2) is 5.63. The van der Waals surface area contributed by atoms with Crippen molar-refractivity contribution in [2.24, 2.45) is 0 Å². The predicted octanol–water partition coefficient (Wildman–Crippen LogP) is 2.95. The van der Waals surface area contributed by atoms with E-state index in [1.54, 1.807) is 0 Å². The molecule has 1 aliphatic heterocycles. The van der Waals surface area contributed by atoms with Crippen molar-refractivity contribution >= 4 is 0 Å². The summed E-state index contributed by atoms with van der Waals surface area (Å²) in [5.74, 6) is 0. The molecule has 0 amide bonds. The third-order valence-corrected chi connectivity index (χ3v) is 5.90. The van der Waals surface area contributed by atoms with Gasteiger partial charge in [-0.15, -0.1) is 0 Å². The third-order valence-electron chi connectivity index (χ3n) is 5.90. The summed E-state index contributed by atoms with van der Waals surface area (Å²) in [6, 6.07) is 11.5. The highest BCUT2D eigenvalue weighted by atomic mass is 16.5. The minimum absolute atomic E-state index is 0.138. The first-order valence-corrected chi connectivity index (χ1v) is 8.84. The van der Waals surface area contributed by atoms with E-state index in [1.807, 2.05) is 0 Å². The summed E-state index contributed by atoms with van der Waals surface area (Å²) >= 11 is 0. The van der Waals surface area contributed by atoms with Crippen LogP contribution in [0.5, 0.6) is 0 Å². The van der Waals surface area contributed by atoms with Gasteiger partial charge in [0, 0.05) is 25.7 Å². The van der Waals surface area contributed by atoms with Crippen molar-refractivity contribution in [1.29, 1.82) is 0 Å². The van der Waals surface area contributed by atoms with Crippen LogP contribution in [-0.2, 0) is 11.3 Å². The van der Waals surface area contributed by atoms with Crippen LogP contribution in [0.15, 0.2) is 30.3 Å². The molecule has 3 aliphatic rings. The number of hydrogen-bond donors (Lipinski definition) is 1. The molecule has 0 atom stereocenters. The molecule has 2 saturated carbocycles. The zero-order chi connectivity index (χ0) is 15.0. The standard InChI is InChI=1S/C19H28N2O/c1-21(13-16-5-3-2-4-6-16)17-7-9-18(10-8-17)14-20-15-19(22-18)11-12-19/h2-6,17,20H,7-15H2,1H3. The van der Waals surface area contributed by atoms with Crippen LogP contribution < -0.4 is 5.32 Å². The first-order valence-electron chi connectivity index (χ1n) is 8.84. The van der Waals surface area contributed by atoms with E-state index >= 15 is 0 Å². The Hall–Kier alpha value is -0.900. The van der Waals surface area contributed by atoms with E-state index in [2.05, 4.69) is 47.6 Å². The van der Waals surface area contributed by atoms with Crippen LogP contribution in [0, 0.1) is 0 Å². The third kappa shape index (κ3) is 2.94. The van der Waals surface area contributed by atoms with Crippen LogP contribution in [0.1, 0.15) is 44.1 Å². The molecule has 3 heteroatoms. The Morgan fingerprint density at radius 1 is 1.05 bits per heavy atom. The Kier molecular flexibility index (Phi) is 3.75. The highest BCUT2D eigenvalue weighted by Crippen LogP contribution is 2.48. The predicted molar refractivity (Wildman–Crippen MR) is 88.8 cm³/mol. The van der Waals surface area contributed by atoms with Crippen LogP contribution in [0.3, 0.4) is 0 Å². The van der Waals surface area contributed by atoms with E-state index in [4.69, 9.17) is 4.74 Å². The van der Waals surface area contributed by atoms with Crippen molar-refractivity contribution in [1.82, 2.24) is 10.2 Å². The normalized spacial score (nSPS) is 33.5. The van der Waals surface area contributed by atoms with E-state index in [9.17, 15) is 0 Å². The van der Waals surface area contributed by atoms with Crippen molar-refractivity contribution in [3.05, 3.63) is 35.9 Å². The number of nitrogens with one attached hydrogen (secondary N) is 1. The summed E-state index contributed by atoms with van der Waals surface area (Å²) < 4.78 is 6.58. The fourth-order valence-corrected chi connectivity index (χ4v) is 4.32. The Morgan fingerprint density at radius 2 is 1.68 bits per heavy atom. The molecule has 0 unspecified atom stereocenters. The van der Waals surface area contributed by atoms with E-state index in [0.29, 0.717) is 6.04 Å². The van der Waals surface area contributed by atoms with Gasteiger partial charge < -0.3 is 10.1 Å². The molecule has 2 spiro atoms. The first-order chi connectivity index (χ1) is 10.7. The number of ether oxygens (including phenoxy) is 1. The maximum Gasteiger partial charge on any atom is 0.0816 e. The van der Waals surface area contributed by atoms with Gasteiger partial charge in [0.05, 0.1) is 11.2 Å². The topological polar surface area (TPSA) is 24.5 Å². The van der Waals surface area contributed by atoms with Crippen LogP contribution >= 0.6 is 0 Å². The van der Waals surface area contributed by atoms with Gasteiger partial charge >= 0.3 is 0 Å². The lowest BCUT2D eigenvalue weighted by Crippen LogP contribution is -2.57. The van der Waals surface area contributed by atoms with Crippen LogP contribution in [0.25, 0.3) is 0 Å². The average molecular weight is 300 g/mol. The average Bonchev–Trinajstić information content (AvgIpc) is 3.27. The Morgan fingerprint density at radius 3 is 2.32 bits per heavy atom. The van der Waals surface area contributed by atoms with Crippen LogP contribution in [0.2, 0.25) is 0 Å². The molecule has 22 heavy (non-hydrogen) atoms. The molecule has 0 radical (unpaired) electrons. The van der Waals surface area contributed by atoms with Crippen LogP contribution in [0.4, 0.5) is 0 Å². The van der Waals surface area contributed by atoms with Crippen molar-refractivity contribution in [3.63, 3.8) is 0 Å². The molecule has 1 aromatic carbocycles. The van der Waals surface area contributed by atoms with Gasteiger partial charge in [-0.1, -0.05) is 30.3 Å². The summed E-state index contributed by atoms with van der Waals surface area (Å²) in [6.07, 6.45) is 7.48. The Balaban J connectivity index is 1.33. The molecule has 0 bridgehead atoms. The lowest BCUT2D eigenvalue weighted by Gasteiger charge is -2.47. The zero-order valence-corrected chi connectivity index (χ0v) is 13.7. The van der Waals surface area contributed by atoms with Gasteiger partial charge in [0.15, 0.2) is 0 Å². The number of benzene rings is 1. The summed E-state index contributed by atoms with van der Waals surface area (Å²) in [4.78, 5) is 2.53. The fraction of sp³-hybridized carbons (Fsp3) is 0.684. The molecule has 3 fully saturated rings. The monoisotopic (exact) mass is 300 g/mol. The van der Waals surface area contributed by atoms with Gasteiger partial charge in [0.25, 0.3) is 0 Å². The van der Waals surface area contributed by atoms with Crippen molar-refractivity contribution in [3.8, 4) is 0 Å². The highest BCUT2D eigenvalue weighted by molar-refractivity contribution is 5.14. The SMILES string of the molecule is CN(Cc1ccccc1)C1CCC2(CC1)CNCC1(CC1)O2. The minimum Gasteiger partial charge on any atom is -0.366 e. The molecule has 120 valence electrons. The quantitative estimate of drug-likeness (QED) is 0.929. The van der Waals surface area contributed by atoms with Gasteiger partial charge in [-0.25, -0.2) is 0 Å². The maximum atomic E-state index is 6.58. The largest absolute Gasteiger partial charge is 0.366 e. The molecular formula is C19H28N2O. The molecule has 2 aliphatic carbocycles. The molecule has 0 aromatic heterocycles. The smallest absolute Gasteiger partial charge is 0.0816 e. The maximum absolute atomic E-state index is 6.58. The molecule has 1 N–H and O–H groups in total. The second-order valence-electron chi connectivity index (χ2n) is 7.70. The van der Waals surface area contributed by atoms with Gasteiger partial charge in [0.1, 0.15) is 0 Å². The summed E-state index contributed by atoms with van der Waals surface area (Å²) in [6.45, 7) is 3.19. The van der Waals surface area contributed by atoms with Gasteiger partial charge in [0.2, 0.25) is 0 Å². The number of hydrogen-bond acceptors (Lipinski definition) is 3. The number of nitrogens with zero attached hydrogens (tertiary/aromatic N) is 1. The summed E-state index contributed by atoms with van der Waals surface area (Å²) in [7, 11) is 2.28. The van der Waals surface area contributed by atoms with E-state index in [0.717, 1.165) is 19.6 Å². The van der Waals surface area contributed by atoms with Crippen molar-refractivity contribution in [2.45, 2.75) is 62.3 Å². The van der Waals surface area contributed by atoms with Gasteiger partial charge in [-0.2, -0.15) is 0 Å². The second-order valence-corrected chi connectivity index (χ2v) is 7.70. The van der Waals surface area contributed by atoms with Gasteiger partial charge in [-0.3, -0.25) is 4.90 Å². The lowest BCUT2D eigenvalue weighted by molar-refractivity contribution is -0.153. The highest BCUT2D eigenvalue weighted by Gasteiger charge is 2.53. The molecule has 4 rings (SSSR count). The van der Waals surface area contributed by atoms with E-state index in [-0.39, 0.29) is 11.2 Å². The summed E-state index contributed by atoms with van der Waals surface area (Å²) in [5, 5.41) is 3.64. The van der Waals surface area contributed by atoms with Gasteiger partial charge in [-0.05, 0) is 51.1 Å². The molecule has 1 aromatic rings. The fourth-order valence-electron chi connectivity index (χ4n) is 4.32. The number of morpholine rings is 1. The molecule has 1 heterocycles.